The molecule has 6 heterocycles. The van der Waals surface area contributed by atoms with Crippen molar-refractivity contribution in [1.29, 1.82) is 0 Å². The molecule has 62 heavy (non-hydrogen) atoms. The van der Waals surface area contributed by atoms with E-state index < -0.39 is 23.1 Å². The maximum atomic E-state index is 11.6. The quantitative estimate of drug-likeness (QED) is 0.0905. The highest BCUT2D eigenvalue weighted by molar-refractivity contribution is 5.78. The first-order valence-electron chi connectivity index (χ1n) is 20.6. The monoisotopic (exact) mass is 846 g/mol. The Hall–Kier alpha value is -6.58. The standard InChI is InChI=1S/C24H26N2O6.C23H24N2O5/c1-16-21(26-22(32-16)17-5-3-6-19(13-17)29-2)9-12-30-20-8-7-18(25-15-20)14-24(23(27)28)10-4-11-31-24;1-16-20(25-21(30-16)17-6-3-2-4-7-17)10-13-28-19-9-8-18(24-15-19)14-23(22(26)27)11-5-12-29-23/h3,5-8,13,15H,4,9-12,14H2,1-2H3,(H,27,28);2-4,6-9,15H,5,10-14H2,1H3,(H,26,27). The summed E-state index contributed by atoms with van der Waals surface area (Å²) < 4.78 is 39.5. The normalized spacial score (nSPS) is 18.2. The van der Waals surface area contributed by atoms with E-state index in [9.17, 15) is 19.8 Å². The number of carbonyl (C=O) groups is 2. The van der Waals surface area contributed by atoms with Gasteiger partial charge in [0.15, 0.2) is 11.2 Å². The summed E-state index contributed by atoms with van der Waals surface area (Å²) in [5, 5.41) is 19.0. The van der Waals surface area contributed by atoms with Crippen molar-refractivity contribution in [2.24, 2.45) is 0 Å². The van der Waals surface area contributed by atoms with Gasteiger partial charge in [0.05, 0.1) is 44.1 Å². The van der Waals surface area contributed by atoms with Crippen molar-refractivity contribution in [3.63, 3.8) is 0 Å². The largest absolute Gasteiger partial charge is 0.497 e. The smallest absolute Gasteiger partial charge is 0.336 e. The molecule has 2 aromatic carbocycles. The molecule has 15 heteroatoms. The third-order valence-corrected chi connectivity index (χ3v) is 10.9. The second kappa shape index (κ2) is 19.9. The lowest BCUT2D eigenvalue weighted by atomic mass is 9.94. The number of hydrogen-bond acceptors (Lipinski definition) is 13. The Morgan fingerprint density at radius 3 is 1.58 bits per heavy atom. The molecule has 0 radical (unpaired) electrons. The molecule has 2 unspecified atom stereocenters. The highest BCUT2D eigenvalue weighted by atomic mass is 16.5. The van der Waals surface area contributed by atoms with Gasteiger partial charge in [-0.25, -0.2) is 19.6 Å². The minimum atomic E-state index is -1.17. The second-order valence-electron chi connectivity index (χ2n) is 15.2. The first-order chi connectivity index (χ1) is 30.0. The van der Waals surface area contributed by atoms with E-state index in [0.717, 1.165) is 52.6 Å². The average Bonchev–Trinajstić information content (AvgIpc) is 4.12. The summed E-state index contributed by atoms with van der Waals surface area (Å²) in [4.78, 5) is 41.1. The van der Waals surface area contributed by atoms with E-state index in [2.05, 4.69) is 19.9 Å². The van der Waals surface area contributed by atoms with Crippen LogP contribution in [0, 0.1) is 13.8 Å². The minimum absolute atomic E-state index is 0.244. The van der Waals surface area contributed by atoms with Gasteiger partial charge in [-0.3, -0.25) is 9.97 Å². The van der Waals surface area contributed by atoms with Crippen LogP contribution in [0.1, 0.15) is 60.0 Å². The van der Waals surface area contributed by atoms with E-state index in [1.54, 1.807) is 43.8 Å². The van der Waals surface area contributed by atoms with E-state index in [-0.39, 0.29) is 12.8 Å². The summed E-state index contributed by atoms with van der Waals surface area (Å²) in [7, 11) is 1.62. The van der Waals surface area contributed by atoms with Crippen molar-refractivity contribution in [3.05, 3.63) is 126 Å². The highest BCUT2D eigenvalue weighted by Crippen LogP contribution is 2.32. The molecule has 2 aliphatic rings. The molecule has 2 saturated heterocycles. The lowest BCUT2D eigenvalue weighted by Crippen LogP contribution is -2.40. The van der Waals surface area contributed by atoms with Gasteiger partial charge in [0, 0.05) is 61.4 Å². The van der Waals surface area contributed by atoms with E-state index in [4.69, 9.17) is 32.5 Å². The number of nitrogens with zero attached hydrogens (tertiary/aromatic N) is 4. The summed E-state index contributed by atoms with van der Waals surface area (Å²) in [5.74, 6) is 2.79. The Morgan fingerprint density at radius 2 is 1.15 bits per heavy atom. The zero-order chi connectivity index (χ0) is 43.5. The van der Waals surface area contributed by atoms with Crippen molar-refractivity contribution in [1.82, 2.24) is 19.9 Å². The van der Waals surface area contributed by atoms with Crippen LogP contribution in [0.3, 0.4) is 0 Å². The number of benzene rings is 2. The Kier molecular flexibility index (Phi) is 13.9. The van der Waals surface area contributed by atoms with Gasteiger partial charge >= 0.3 is 11.9 Å². The molecular formula is C47H50N4O11. The van der Waals surface area contributed by atoms with Crippen LogP contribution in [0.5, 0.6) is 17.2 Å². The predicted molar refractivity (Wildman–Crippen MR) is 225 cm³/mol. The molecule has 2 fully saturated rings. The first-order valence-corrected chi connectivity index (χ1v) is 20.6. The fraction of sp³-hybridized carbons (Fsp3) is 0.362. The number of aryl methyl sites for hydroxylation is 2. The Morgan fingerprint density at radius 1 is 0.645 bits per heavy atom. The first kappa shape index (κ1) is 43.5. The summed E-state index contributed by atoms with van der Waals surface area (Å²) in [6.45, 7) is 5.56. The van der Waals surface area contributed by atoms with E-state index in [1.807, 2.05) is 68.4 Å². The van der Waals surface area contributed by atoms with Gasteiger partial charge in [-0.15, -0.1) is 0 Å². The van der Waals surface area contributed by atoms with E-state index in [0.29, 0.717) is 86.8 Å². The molecule has 0 aliphatic carbocycles. The maximum Gasteiger partial charge on any atom is 0.336 e. The Balaban J connectivity index is 0.000000187. The third kappa shape index (κ3) is 10.6. The Bertz CT molecular complexity index is 2400. The fourth-order valence-corrected chi connectivity index (χ4v) is 7.38. The molecule has 324 valence electrons. The van der Waals surface area contributed by atoms with E-state index >= 15 is 0 Å². The second-order valence-corrected chi connectivity index (χ2v) is 15.2. The predicted octanol–water partition coefficient (Wildman–Crippen LogP) is 7.69. The van der Waals surface area contributed by atoms with Crippen molar-refractivity contribution in [2.75, 3.05) is 33.5 Å². The van der Waals surface area contributed by atoms with Gasteiger partial charge in [0.1, 0.15) is 28.8 Å². The number of rotatable bonds is 17. The van der Waals surface area contributed by atoms with Gasteiger partial charge < -0.3 is 42.7 Å². The number of aliphatic carboxylic acids is 2. The molecule has 2 atom stereocenters. The topological polar surface area (TPSA) is 199 Å². The summed E-state index contributed by atoms with van der Waals surface area (Å²) >= 11 is 0. The number of oxazole rings is 2. The van der Waals surface area contributed by atoms with Crippen molar-refractivity contribution in [2.45, 2.75) is 76.4 Å². The molecule has 2 N–H and O–H groups in total. The molecule has 2 aliphatic heterocycles. The summed E-state index contributed by atoms with van der Waals surface area (Å²) in [5.41, 5.74) is 2.50. The van der Waals surface area contributed by atoms with Gasteiger partial charge in [-0.2, -0.15) is 0 Å². The molecule has 4 aromatic heterocycles. The van der Waals surface area contributed by atoms with Crippen LogP contribution < -0.4 is 14.2 Å². The van der Waals surface area contributed by atoms with Crippen molar-refractivity contribution in [3.8, 4) is 40.2 Å². The molecule has 0 saturated carbocycles. The highest BCUT2D eigenvalue weighted by Gasteiger charge is 2.44. The van der Waals surface area contributed by atoms with Crippen LogP contribution in [0.25, 0.3) is 22.9 Å². The molecule has 0 bridgehead atoms. The fourth-order valence-electron chi connectivity index (χ4n) is 7.38. The average molecular weight is 847 g/mol. The zero-order valence-electron chi connectivity index (χ0n) is 35.0. The number of hydrogen-bond donors (Lipinski definition) is 2. The molecule has 15 nitrogen and oxygen atoms in total. The van der Waals surface area contributed by atoms with Crippen LogP contribution >= 0.6 is 0 Å². The summed E-state index contributed by atoms with van der Waals surface area (Å²) in [6, 6.07) is 24.5. The Labute approximate surface area is 359 Å². The van der Waals surface area contributed by atoms with Crippen LogP contribution in [-0.2, 0) is 44.7 Å². The molecule has 0 spiro atoms. The van der Waals surface area contributed by atoms with Crippen LogP contribution in [0.15, 0.2) is 100 Å². The number of pyridine rings is 2. The van der Waals surface area contributed by atoms with Gasteiger partial charge in [0.25, 0.3) is 0 Å². The van der Waals surface area contributed by atoms with Crippen molar-refractivity contribution < 1.29 is 52.3 Å². The number of ether oxygens (including phenoxy) is 5. The van der Waals surface area contributed by atoms with Gasteiger partial charge in [-0.1, -0.05) is 24.3 Å². The molecule has 6 aromatic rings. The van der Waals surface area contributed by atoms with Crippen molar-refractivity contribution >= 4 is 11.9 Å². The van der Waals surface area contributed by atoms with Gasteiger partial charge in [-0.05, 0) is 94.1 Å². The lowest BCUT2D eigenvalue weighted by molar-refractivity contribution is -0.160. The van der Waals surface area contributed by atoms with Crippen LogP contribution in [-0.4, -0.2) is 86.8 Å². The maximum absolute atomic E-state index is 11.6. The number of methoxy groups -OCH3 is 1. The van der Waals surface area contributed by atoms with Gasteiger partial charge in [0.2, 0.25) is 11.8 Å². The zero-order valence-corrected chi connectivity index (χ0v) is 35.0. The number of carboxylic acid groups (broad SMARTS) is 2. The lowest BCUT2D eigenvalue weighted by Gasteiger charge is -2.22. The van der Waals surface area contributed by atoms with Crippen LogP contribution in [0.4, 0.5) is 0 Å². The van der Waals surface area contributed by atoms with E-state index in [1.165, 1.54) is 0 Å². The molecule has 0 amide bonds. The minimum Gasteiger partial charge on any atom is -0.497 e. The number of carboxylic acids is 2. The summed E-state index contributed by atoms with van der Waals surface area (Å²) in [6.07, 6.45) is 7.41. The SMILES string of the molecule is COc1cccc(-c2nc(CCOc3ccc(CC4(C(=O)O)CCCO4)nc3)c(C)o2)c1.Cc1oc(-c2ccccc2)nc1CCOc1ccc(CC2(C(=O)O)CCCO2)nc1. The third-order valence-electron chi connectivity index (χ3n) is 10.9. The number of aromatic nitrogens is 4. The van der Waals surface area contributed by atoms with Crippen LogP contribution in [0.2, 0.25) is 0 Å². The molecule has 8 rings (SSSR count). The molecular weight excluding hydrogens is 797 g/mol.